The molecule has 1 fully saturated rings. The molecule has 5 rings (SSSR count). The van der Waals surface area contributed by atoms with E-state index >= 15 is 0 Å². The molecule has 0 spiro atoms. The Labute approximate surface area is 191 Å². The van der Waals surface area contributed by atoms with Crippen LogP contribution in [0.25, 0.3) is 33.3 Å². The third-order valence-electron chi connectivity index (χ3n) is 5.54. The molecule has 1 aliphatic rings. The number of pyridine rings is 2. The van der Waals surface area contributed by atoms with Crippen molar-refractivity contribution >= 4 is 28.3 Å². The van der Waals surface area contributed by atoms with E-state index in [0.29, 0.717) is 16.8 Å². The van der Waals surface area contributed by atoms with E-state index in [-0.39, 0.29) is 0 Å². The number of hydrogen-bond acceptors (Lipinski definition) is 6. The molecule has 0 aliphatic carbocycles. The van der Waals surface area contributed by atoms with Gasteiger partial charge in [0, 0.05) is 58.8 Å². The Morgan fingerprint density at radius 2 is 2.00 bits per heavy atom. The molecule has 0 unspecified atom stereocenters. The average molecular weight is 450 g/mol. The van der Waals surface area contributed by atoms with Crippen molar-refractivity contribution in [2.75, 3.05) is 38.7 Å². The fourth-order valence-corrected chi connectivity index (χ4v) is 3.96. The van der Waals surface area contributed by atoms with E-state index in [1.54, 1.807) is 19.5 Å². The number of anilines is 1. The van der Waals surface area contributed by atoms with Crippen LogP contribution in [-0.2, 0) is 4.74 Å². The van der Waals surface area contributed by atoms with E-state index < -0.39 is 0 Å². The van der Waals surface area contributed by atoms with E-state index in [9.17, 15) is 0 Å². The van der Waals surface area contributed by atoms with E-state index in [2.05, 4.69) is 43.8 Å². The van der Waals surface area contributed by atoms with Gasteiger partial charge in [-0.3, -0.25) is 4.98 Å². The van der Waals surface area contributed by atoms with Crippen molar-refractivity contribution in [2.45, 2.75) is 6.04 Å². The van der Waals surface area contributed by atoms with Crippen LogP contribution >= 0.6 is 11.6 Å². The van der Waals surface area contributed by atoms with Gasteiger partial charge in [0.2, 0.25) is 0 Å². The minimum atomic E-state index is 0.489. The maximum absolute atomic E-state index is 6.58. The Morgan fingerprint density at radius 1 is 1.09 bits per heavy atom. The van der Waals surface area contributed by atoms with E-state index in [1.165, 1.54) is 0 Å². The second-order valence-corrected chi connectivity index (χ2v) is 8.17. The molecule has 0 bridgehead atoms. The second-order valence-electron chi connectivity index (χ2n) is 7.76. The summed E-state index contributed by atoms with van der Waals surface area (Å²) in [7, 11) is 1.63. The van der Waals surface area contributed by atoms with Crippen molar-refractivity contribution in [3.05, 3.63) is 60.0 Å². The normalized spacial score (nSPS) is 13.8. The molecule has 1 aliphatic heterocycles. The number of hydrogen-bond donors (Lipinski definition) is 3. The molecule has 0 amide bonds. The Morgan fingerprint density at radius 3 is 2.75 bits per heavy atom. The van der Waals surface area contributed by atoms with Gasteiger partial charge in [-0.1, -0.05) is 11.6 Å². The highest BCUT2D eigenvalue weighted by Crippen LogP contribution is 2.35. The highest BCUT2D eigenvalue weighted by Gasteiger charge is 2.16. The van der Waals surface area contributed by atoms with Gasteiger partial charge in [0.15, 0.2) is 0 Å². The zero-order valence-electron chi connectivity index (χ0n) is 17.7. The van der Waals surface area contributed by atoms with Crippen LogP contribution in [0.15, 0.2) is 55.0 Å². The molecular weight excluding hydrogens is 426 g/mol. The topological polar surface area (TPSA) is 84.1 Å². The summed E-state index contributed by atoms with van der Waals surface area (Å²) in [4.78, 5) is 12.2. The van der Waals surface area contributed by atoms with Gasteiger partial charge in [-0.25, -0.2) is 4.98 Å². The summed E-state index contributed by atoms with van der Waals surface area (Å²) in [5.41, 5.74) is 4.80. The molecule has 4 aromatic rings. The number of halogens is 1. The minimum Gasteiger partial charge on any atom is -0.495 e. The molecule has 0 saturated carbocycles. The quantitative estimate of drug-likeness (QED) is 0.347. The van der Waals surface area contributed by atoms with Crippen LogP contribution in [0.4, 0.5) is 5.82 Å². The zero-order chi connectivity index (χ0) is 21.9. The predicted octanol–water partition coefficient (Wildman–Crippen LogP) is 4.35. The lowest BCUT2D eigenvalue weighted by molar-refractivity contribution is -0.00433. The highest BCUT2D eigenvalue weighted by atomic mass is 35.5. The molecular formula is C24H24ClN5O2. The Kier molecular flexibility index (Phi) is 5.94. The number of aromatic nitrogens is 3. The predicted molar refractivity (Wildman–Crippen MR) is 127 cm³/mol. The molecule has 164 valence electrons. The first-order valence-corrected chi connectivity index (χ1v) is 10.9. The molecule has 3 aromatic heterocycles. The fraction of sp³-hybridized carbons (Fsp3) is 0.250. The number of fused-ring (bicyclic) bond motifs is 1. The van der Waals surface area contributed by atoms with Crippen LogP contribution < -0.4 is 15.4 Å². The molecule has 1 aromatic carbocycles. The van der Waals surface area contributed by atoms with Gasteiger partial charge in [-0.15, -0.1) is 0 Å². The summed E-state index contributed by atoms with van der Waals surface area (Å²) < 4.78 is 10.5. The van der Waals surface area contributed by atoms with E-state index in [4.69, 9.17) is 21.1 Å². The molecule has 32 heavy (non-hydrogen) atoms. The standard InChI is InChI=1S/C24H24ClN5O2/c1-31-19-6-17(10-26-12-19)20-7-16-8-22(30-23(16)9-21(20)25)15-2-3-24(29-11-15)28-5-4-27-18-13-32-14-18/h2-3,6-12,18,27,30H,4-5,13-14H2,1H3,(H,28,29). The first-order valence-electron chi connectivity index (χ1n) is 10.5. The van der Waals surface area contributed by atoms with Gasteiger partial charge in [0.25, 0.3) is 0 Å². The first kappa shape index (κ1) is 20.8. The van der Waals surface area contributed by atoms with Crippen LogP contribution in [-0.4, -0.2) is 54.4 Å². The monoisotopic (exact) mass is 449 g/mol. The number of rotatable bonds is 8. The van der Waals surface area contributed by atoms with Gasteiger partial charge in [-0.05, 0) is 36.4 Å². The van der Waals surface area contributed by atoms with Crippen molar-refractivity contribution in [1.29, 1.82) is 0 Å². The third kappa shape index (κ3) is 4.41. The van der Waals surface area contributed by atoms with Crippen LogP contribution in [0.2, 0.25) is 5.02 Å². The zero-order valence-corrected chi connectivity index (χ0v) is 18.4. The molecule has 3 N–H and O–H groups in total. The van der Waals surface area contributed by atoms with Crippen molar-refractivity contribution in [1.82, 2.24) is 20.3 Å². The largest absolute Gasteiger partial charge is 0.495 e. The molecule has 8 heteroatoms. The number of methoxy groups -OCH3 is 1. The fourth-order valence-electron chi connectivity index (χ4n) is 3.69. The number of ether oxygens (including phenoxy) is 2. The van der Waals surface area contributed by atoms with Crippen LogP contribution in [0.1, 0.15) is 0 Å². The van der Waals surface area contributed by atoms with Gasteiger partial charge >= 0.3 is 0 Å². The lowest BCUT2D eigenvalue weighted by atomic mass is 10.1. The smallest absolute Gasteiger partial charge is 0.137 e. The van der Waals surface area contributed by atoms with E-state index in [1.807, 2.05) is 24.4 Å². The van der Waals surface area contributed by atoms with Crippen molar-refractivity contribution in [3.8, 4) is 28.1 Å². The number of benzene rings is 1. The van der Waals surface area contributed by atoms with Gasteiger partial charge in [-0.2, -0.15) is 0 Å². The number of nitrogens with zero attached hydrogens (tertiary/aromatic N) is 2. The van der Waals surface area contributed by atoms with Crippen LogP contribution in [0.3, 0.4) is 0 Å². The number of H-pyrrole nitrogens is 1. The minimum absolute atomic E-state index is 0.489. The summed E-state index contributed by atoms with van der Waals surface area (Å²) >= 11 is 6.58. The number of aromatic amines is 1. The van der Waals surface area contributed by atoms with Gasteiger partial charge in [0.05, 0.1) is 37.6 Å². The van der Waals surface area contributed by atoms with Crippen LogP contribution in [0.5, 0.6) is 5.75 Å². The Balaban J connectivity index is 1.32. The summed E-state index contributed by atoms with van der Waals surface area (Å²) in [6.45, 7) is 3.31. The van der Waals surface area contributed by atoms with Gasteiger partial charge in [0.1, 0.15) is 11.6 Å². The Hall–Kier alpha value is -3.13. The summed E-state index contributed by atoms with van der Waals surface area (Å²) in [5, 5.41) is 8.48. The highest BCUT2D eigenvalue weighted by molar-refractivity contribution is 6.34. The molecule has 7 nitrogen and oxygen atoms in total. The SMILES string of the molecule is COc1cncc(-c2cc3cc(-c4ccc(NCCNC5COC5)nc4)[nH]c3cc2Cl)c1. The summed E-state index contributed by atoms with van der Waals surface area (Å²) in [6.07, 6.45) is 5.33. The second kappa shape index (κ2) is 9.16. The van der Waals surface area contributed by atoms with E-state index in [0.717, 1.165) is 65.4 Å². The number of nitrogens with one attached hydrogen (secondary N) is 3. The maximum Gasteiger partial charge on any atom is 0.137 e. The van der Waals surface area contributed by atoms with Crippen molar-refractivity contribution < 1.29 is 9.47 Å². The Bertz CT molecular complexity index is 1220. The molecule has 0 atom stereocenters. The third-order valence-corrected chi connectivity index (χ3v) is 5.86. The van der Waals surface area contributed by atoms with Gasteiger partial charge < -0.3 is 25.1 Å². The van der Waals surface area contributed by atoms with Crippen molar-refractivity contribution in [2.24, 2.45) is 0 Å². The molecule has 4 heterocycles. The van der Waals surface area contributed by atoms with Crippen molar-refractivity contribution in [3.63, 3.8) is 0 Å². The average Bonchev–Trinajstić information content (AvgIpc) is 3.20. The lowest BCUT2D eigenvalue weighted by Gasteiger charge is -2.26. The van der Waals surface area contributed by atoms with Crippen LogP contribution in [0, 0.1) is 0 Å². The lowest BCUT2D eigenvalue weighted by Crippen LogP contribution is -2.47. The summed E-state index contributed by atoms with van der Waals surface area (Å²) in [6, 6.07) is 12.6. The molecule has 1 saturated heterocycles. The molecule has 0 radical (unpaired) electrons. The first-order chi connectivity index (χ1) is 15.7. The maximum atomic E-state index is 6.58. The summed E-state index contributed by atoms with van der Waals surface area (Å²) in [5.74, 6) is 1.55.